The summed E-state index contributed by atoms with van der Waals surface area (Å²) >= 11 is 6.05. The van der Waals surface area contributed by atoms with Gasteiger partial charge >= 0.3 is 0 Å². The van der Waals surface area contributed by atoms with Crippen molar-refractivity contribution < 1.29 is 4.39 Å². The summed E-state index contributed by atoms with van der Waals surface area (Å²) in [4.78, 5) is 2.39. The molecule has 0 radical (unpaired) electrons. The van der Waals surface area contributed by atoms with E-state index in [0.717, 1.165) is 13.1 Å². The maximum absolute atomic E-state index is 13.8. The molecule has 2 nitrogen and oxygen atoms in total. The zero-order valence-corrected chi connectivity index (χ0v) is 12.5. The first-order valence-electron chi connectivity index (χ1n) is 7.26. The van der Waals surface area contributed by atoms with Crippen LogP contribution in [0.25, 0.3) is 0 Å². The van der Waals surface area contributed by atoms with Gasteiger partial charge in [0.15, 0.2) is 0 Å². The molecular formula is C17H18ClFN2. The number of rotatable bonds is 4. The van der Waals surface area contributed by atoms with Gasteiger partial charge in [0, 0.05) is 25.3 Å². The van der Waals surface area contributed by atoms with E-state index in [2.05, 4.69) is 22.3 Å². The summed E-state index contributed by atoms with van der Waals surface area (Å²) < 4.78 is 13.8. The standard InChI is InChI=1S/C17H18ClFN2/c18-14-7-5-8-15(19)17(14)20-12-13-6-1-2-9-16(13)21-10-3-4-11-21/h1-2,5-9,20H,3-4,10-12H2. The quantitative estimate of drug-likeness (QED) is 0.881. The van der Waals surface area contributed by atoms with Gasteiger partial charge < -0.3 is 10.2 Å². The Bertz CT molecular complexity index is 604. The first-order valence-corrected chi connectivity index (χ1v) is 7.64. The molecule has 1 heterocycles. The van der Waals surface area contributed by atoms with E-state index in [9.17, 15) is 4.39 Å². The minimum absolute atomic E-state index is 0.318. The molecule has 0 aliphatic carbocycles. The van der Waals surface area contributed by atoms with Crippen LogP contribution in [0, 0.1) is 5.82 Å². The molecule has 0 saturated carbocycles. The second-order valence-corrected chi connectivity index (χ2v) is 5.68. The summed E-state index contributed by atoms with van der Waals surface area (Å²) in [6, 6.07) is 13.0. The van der Waals surface area contributed by atoms with Crippen LogP contribution in [-0.4, -0.2) is 13.1 Å². The van der Waals surface area contributed by atoms with Crippen LogP contribution in [0.5, 0.6) is 0 Å². The van der Waals surface area contributed by atoms with Gasteiger partial charge in [-0.3, -0.25) is 0 Å². The van der Waals surface area contributed by atoms with Gasteiger partial charge in [-0.25, -0.2) is 4.39 Å². The minimum Gasteiger partial charge on any atom is -0.377 e. The molecule has 0 unspecified atom stereocenters. The fraction of sp³-hybridized carbons (Fsp3) is 0.294. The minimum atomic E-state index is -0.318. The topological polar surface area (TPSA) is 15.3 Å². The molecule has 3 rings (SSSR count). The lowest BCUT2D eigenvalue weighted by Gasteiger charge is -2.22. The molecule has 1 N–H and O–H groups in total. The van der Waals surface area contributed by atoms with E-state index in [4.69, 9.17) is 11.6 Å². The van der Waals surface area contributed by atoms with Crippen LogP contribution in [-0.2, 0) is 6.54 Å². The van der Waals surface area contributed by atoms with E-state index in [0.29, 0.717) is 17.3 Å². The Morgan fingerprint density at radius 1 is 1.05 bits per heavy atom. The summed E-state index contributed by atoms with van der Waals surface area (Å²) in [5.74, 6) is -0.318. The van der Waals surface area contributed by atoms with Crippen LogP contribution >= 0.6 is 11.6 Å². The molecule has 0 aromatic heterocycles. The largest absolute Gasteiger partial charge is 0.377 e. The van der Waals surface area contributed by atoms with E-state index >= 15 is 0 Å². The molecule has 1 fully saturated rings. The molecule has 0 bridgehead atoms. The average molecular weight is 305 g/mol. The number of benzene rings is 2. The molecule has 21 heavy (non-hydrogen) atoms. The number of hydrogen-bond donors (Lipinski definition) is 1. The number of nitrogens with one attached hydrogen (secondary N) is 1. The van der Waals surface area contributed by atoms with Crippen molar-refractivity contribution in [1.82, 2.24) is 0 Å². The molecule has 1 aliphatic rings. The third-order valence-corrected chi connectivity index (χ3v) is 4.17. The van der Waals surface area contributed by atoms with Crippen molar-refractivity contribution in [2.45, 2.75) is 19.4 Å². The van der Waals surface area contributed by atoms with Gasteiger partial charge in [0.25, 0.3) is 0 Å². The van der Waals surface area contributed by atoms with Crippen LogP contribution in [0.15, 0.2) is 42.5 Å². The highest BCUT2D eigenvalue weighted by atomic mass is 35.5. The molecule has 0 spiro atoms. The Labute approximate surface area is 129 Å². The van der Waals surface area contributed by atoms with Crippen LogP contribution in [0.4, 0.5) is 15.8 Å². The molecule has 2 aromatic rings. The van der Waals surface area contributed by atoms with Crippen molar-refractivity contribution in [3.05, 3.63) is 58.9 Å². The van der Waals surface area contributed by atoms with Gasteiger partial charge in [-0.1, -0.05) is 35.9 Å². The van der Waals surface area contributed by atoms with Crippen LogP contribution < -0.4 is 10.2 Å². The number of anilines is 2. The summed E-state index contributed by atoms with van der Waals surface area (Å²) in [6.45, 7) is 2.75. The summed E-state index contributed by atoms with van der Waals surface area (Å²) in [6.07, 6.45) is 2.47. The molecular weight excluding hydrogens is 287 g/mol. The molecule has 4 heteroatoms. The van der Waals surface area contributed by atoms with Crippen molar-refractivity contribution in [3.63, 3.8) is 0 Å². The third-order valence-electron chi connectivity index (χ3n) is 3.86. The normalized spacial score (nSPS) is 14.5. The van der Waals surface area contributed by atoms with E-state index in [1.807, 2.05) is 12.1 Å². The summed E-state index contributed by atoms with van der Waals surface area (Å²) in [5, 5.41) is 3.54. The summed E-state index contributed by atoms with van der Waals surface area (Å²) in [5.41, 5.74) is 2.77. The number of nitrogens with zero attached hydrogens (tertiary/aromatic N) is 1. The van der Waals surface area contributed by atoms with Gasteiger partial charge in [0.2, 0.25) is 0 Å². The second-order valence-electron chi connectivity index (χ2n) is 5.27. The monoisotopic (exact) mass is 304 g/mol. The molecule has 0 amide bonds. The smallest absolute Gasteiger partial charge is 0.147 e. The van der Waals surface area contributed by atoms with Gasteiger partial charge in [-0.2, -0.15) is 0 Å². The van der Waals surface area contributed by atoms with Crippen molar-refractivity contribution in [2.24, 2.45) is 0 Å². The lowest BCUT2D eigenvalue weighted by Crippen LogP contribution is -2.20. The number of hydrogen-bond acceptors (Lipinski definition) is 2. The fourth-order valence-corrected chi connectivity index (χ4v) is 3.01. The highest BCUT2D eigenvalue weighted by molar-refractivity contribution is 6.33. The molecule has 1 aliphatic heterocycles. The molecule has 0 atom stereocenters. The Morgan fingerprint density at radius 2 is 1.81 bits per heavy atom. The van der Waals surface area contributed by atoms with Crippen LogP contribution in [0.3, 0.4) is 0 Å². The maximum atomic E-state index is 13.8. The van der Waals surface area contributed by atoms with Crippen molar-refractivity contribution in [3.8, 4) is 0 Å². The van der Waals surface area contributed by atoms with Gasteiger partial charge in [0.1, 0.15) is 5.82 Å². The zero-order valence-electron chi connectivity index (χ0n) is 11.8. The highest BCUT2D eigenvalue weighted by Gasteiger charge is 2.15. The second kappa shape index (κ2) is 6.35. The predicted octanol–water partition coefficient (Wildman–Crippen LogP) is 4.69. The molecule has 2 aromatic carbocycles. The third kappa shape index (κ3) is 3.13. The van der Waals surface area contributed by atoms with E-state index in [1.165, 1.54) is 30.2 Å². The van der Waals surface area contributed by atoms with Gasteiger partial charge in [-0.05, 0) is 36.6 Å². The van der Waals surface area contributed by atoms with Gasteiger partial charge in [0.05, 0.1) is 10.7 Å². The van der Waals surface area contributed by atoms with Crippen molar-refractivity contribution in [2.75, 3.05) is 23.3 Å². The summed E-state index contributed by atoms with van der Waals surface area (Å²) in [7, 11) is 0. The number of para-hydroxylation sites is 2. The van der Waals surface area contributed by atoms with E-state index in [-0.39, 0.29) is 5.82 Å². The Balaban J connectivity index is 1.79. The van der Waals surface area contributed by atoms with Crippen LogP contribution in [0.1, 0.15) is 18.4 Å². The average Bonchev–Trinajstić information content (AvgIpc) is 3.01. The van der Waals surface area contributed by atoms with E-state index in [1.54, 1.807) is 12.1 Å². The predicted molar refractivity (Wildman–Crippen MR) is 86.6 cm³/mol. The Hall–Kier alpha value is -1.74. The Morgan fingerprint density at radius 3 is 2.57 bits per heavy atom. The lowest BCUT2D eigenvalue weighted by atomic mass is 10.1. The first kappa shape index (κ1) is 14.2. The van der Waals surface area contributed by atoms with Crippen molar-refractivity contribution >= 4 is 23.0 Å². The zero-order chi connectivity index (χ0) is 14.7. The number of halogens is 2. The fourth-order valence-electron chi connectivity index (χ4n) is 2.78. The SMILES string of the molecule is Fc1cccc(Cl)c1NCc1ccccc1N1CCCC1. The van der Waals surface area contributed by atoms with E-state index < -0.39 is 0 Å². The maximum Gasteiger partial charge on any atom is 0.147 e. The highest BCUT2D eigenvalue weighted by Crippen LogP contribution is 2.28. The van der Waals surface area contributed by atoms with Crippen LogP contribution in [0.2, 0.25) is 5.02 Å². The lowest BCUT2D eigenvalue weighted by molar-refractivity contribution is 0.630. The Kier molecular flexibility index (Phi) is 4.30. The van der Waals surface area contributed by atoms with Gasteiger partial charge in [-0.15, -0.1) is 0 Å². The molecule has 1 saturated heterocycles. The molecule has 110 valence electrons. The van der Waals surface area contributed by atoms with Crippen molar-refractivity contribution in [1.29, 1.82) is 0 Å². The first-order chi connectivity index (χ1) is 10.3.